The fourth-order valence-electron chi connectivity index (χ4n) is 4.32. The Morgan fingerprint density at radius 2 is 1.94 bits per heavy atom. The van der Waals surface area contributed by atoms with Crippen LogP contribution >= 0.6 is 0 Å². The molecular weight excluding hydrogens is 476 g/mol. The Balaban J connectivity index is 1.33. The number of hydrogen-bond acceptors (Lipinski definition) is 6. The van der Waals surface area contributed by atoms with Crippen molar-refractivity contribution in [2.75, 3.05) is 11.1 Å². The van der Waals surface area contributed by atoms with E-state index in [1.54, 1.807) is 24.5 Å². The van der Waals surface area contributed by atoms with Crippen molar-refractivity contribution in [2.45, 2.75) is 51.0 Å². The van der Waals surface area contributed by atoms with E-state index in [0.717, 1.165) is 16.7 Å². The lowest BCUT2D eigenvalue weighted by atomic mass is 10.1. The van der Waals surface area contributed by atoms with Gasteiger partial charge in [0, 0.05) is 17.8 Å². The Morgan fingerprint density at radius 3 is 2.67 bits per heavy atom. The molecule has 8 nitrogen and oxygen atoms in total. The van der Waals surface area contributed by atoms with Gasteiger partial charge < -0.3 is 10.1 Å². The molecule has 0 bridgehead atoms. The summed E-state index contributed by atoms with van der Waals surface area (Å²) in [6, 6.07) is 10.8. The summed E-state index contributed by atoms with van der Waals surface area (Å²) in [6.45, 7) is 8.04. The van der Waals surface area contributed by atoms with Crippen LogP contribution in [0.1, 0.15) is 37.5 Å². The molecule has 2 aromatic heterocycles. The van der Waals surface area contributed by atoms with Crippen LogP contribution < -0.4 is 10.1 Å². The van der Waals surface area contributed by atoms with Crippen LogP contribution in [0.3, 0.4) is 0 Å². The summed E-state index contributed by atoms with van der Waals surface area (Å²) in [5.74, 6) is 1.16. The van der Waals surface area contributed by atoms with Crippen LogP contribution in [0.5, 0.6) is 11.5 Å². The highest BCUT2D eigenvalue weighted by Crippen LogP contribution is 2.36. The lowest BCUT2D eigenvalue weighted by Crippen LogP contribution is -2.22. The van der Waals surface area contributed by atoms with Gasteiger partial charge >= 0.3 is 0 Å². The topological polar surface area (TPSA) is 103 Å². The molecule has 5 rings (SSSR count). The SMILES string of the molecule is Cc1cc(CC(=O)Nc2cnn(C(C)(C)C)c2)ccc1Oc1ccnc2cc3c(cc12)S(=O)(=O)CC3. The number of amides is 1. The summed E-state index contributed by atoms with van der Waals surface area (Å²) in [6.07, 6.45) is 5.84. The second kappa shape index (κ2) is 8.74. The Bertz CT molecular complexity index is 1600. The largest absolute Gasteiger partial charge is 0.456 e. The van der Waals surface area contributed by atoms with Crippen LogP contribution in [0, 0.1) is 6.92 Å². The van der Waals surface area contributed by atoms with Crippen molar-refractivity contribution in [1.29, 1.82) is 0 Å². The first-order chi connectivity index (χ1) is 17.0. The molecule has 186 valence electrons. The summed E-state index contributed by atoms with van der Waals surface area (Å²) in [5, 5.41) is 7.86. The zero-order valence-electron chi connectivity index (χ0n) is 20.7. The first-order valence-corrected chi connectivity index (χ1v) is 13.4. The van der Waals surface area contributed by atoms with Gasteiger partial charge in [-0.25, -0.2) is 8.42 Å². The number of nitrogens with one attached hydrogen (secondary N) is 1. The van der Waals surface area contributed by atoms with Gasteiger partial charge in [0.2, 0.25) is 5.91 Å². The van der Waals surface area contributed by atoms with E-state index in [2.05, 4.69) is 15.4 Å². The molecule has 9 heteroatoms. The molecule has 2 aromatic carbocycles. The van der Waals surface area contributed by atoms with Crippen LogP contribution in [0.15, 0.2) is 59.9 Å². The molecule has 0 saturated carbocycles. The molecule has 1 amide bonds. The van der Waals surface area contributed by atoms with E-state index in [1.807, 2.05) is 62.8 Å². The number of rotatable bonds is 5. The van der Waals surface area contributed by atoms with Crippen LogP contribution in [0.2, 0.25) is 0 Å². The van der Waals surface area contributed by atoms with Gasteiger partial charge in [0.25, 0.3) is 0 Å². The monoisotopic (exact) mass is 504 g/mol. The fourth-order valence-corrected chi connectivity index (χ4v) is 5.88. The Hall–Kier alpha value is -3.72. The van der Waals surface area contributed by atoms with E-state index >= 15 is 0 Å². The van der Waals surface area contributed by atoms with Crippen molar-refractivity contribution in [1.82, 2.24) is 14.8 Å². The quantitative estimate of drug-likeness (QED) is 0.419. The zero-order chi connectivity index (χ0) is 25.7. The first-order valence-electron chi connectivity index (χ1n) is 11.8. The fraction of sp³-hybridized carbons (Fsp3) is 0.296. The zero-order valence-corrected chi connectivity index (χ0v) is 21.5. The summed E-state index contributed by atoms with van der Waals surface area (Å²) >= 11 is 0. The van der Waals surface area contributed by atoms with Gasteiger partial charge in [0.1, 0.15) is 11.5 Å². The Labute approximate surface area is 210 Å². The van der Waals surface area contributed by atoms with Crippen molar-refractivity contribution in [3.8, 4) is 11.5 Å². The average Bonchev–Trinajstić information content (AvgIpc) is 3.39. The van der Waals surface area contributed by atoms with Gasteiger partial charge in [0.15, 0.2) is 9.84 Å². The van der Waals surface area contributed by atoms with E-state index in [-0.39, 0.29) is 23.6 Å². The molecule has 1 aliphatic rings. The van der Waals surface area contributed by atoms with Crippen molar-refractivity contribution >= 4 is 32.3 Å². The first kappa shape index (κ1) is 24.0. The minimum atomic E-state index is -3.27. The second-order valence-corrected chi connectivity index (χ2v) is 12.2. The van der Waals surface area contributed by atoms with Crippen LogP contribution in [-0.4, -0.2) is 34.8 Å². The number of benzene rings is 2. The minimum absolute atomic E-state index is 0.127. The smallest absolute Gasteiger partial charge is 0.228 e. The van der Waals surface area contributed by atoms with Crippen molar-refractivity contribution in [2.24, 2.45) is 0 Å². The number of carbonyl (C=O) groups is 1. The normalized spacial score (nSPS) is 14.6. The molecule has 0 saturated heterocycles. The third-order valence-electron chi connectivity index (χ3n) is 6.24. The maximum atomic E-state index is 12.6. The van der Waals surface area contributed by atoms with Gasteiger partial charge in [-0.05, 0) is 75.1 Å². The lowest BCUT2D eigenvalue weighted by Gasteiger charge is -2.18. The van der Waals surface area contributed by atoms with E-state index in [0.29, 0.717) is 39.4 Å². The van der Waals surface area contributed by atoms with Crippen LogP contribution in [0.4, 0.5) is 5.69 Å². The number of hydrogen-bond donors (Lipinski definition) is 1. The maximum absolute atomic E-state index is 12.6. The van der Waals surface area contributed by atoms with E-state index in [4.69, 9.17) is 4.74 Å². The number of carbonyl (C=O) groups excluding carboxylic acids is 1. The lowest BCUT2D eigenvalue weighted by molar-refractivity contribution is -0.115. The molecule has 0 unspecified atom stereocenters. The van der Waals surface area contributed by atoms with Gasteiger partial charge in [-0.3, -0.25) is 14.5 Å². The van der Waals surface area contributed by atoms with Crippen molar-refractivity contribution in [3.63, 3.8) is 0 Å². The summed E-state index contributed by atoms with van der Waals surface area (Å²) in [7, 11) is -3.27. The predicted octanol–water partition coefficient (Wildman–Crippen LogP) is 4.80. The number of anilines is 1. The number of pyridine rings is 1. The number of aryl methyl sites for hydroxylation is 2. The Kier molecular flexibility index (Phi) is 5.83. The Morgan fingerprint density at radius 1 is 1.14 bits per heavy atom. The number of ether oxygens (including phenoxy) is 1. The minimum Gasteiger partial charge on any atom is -0.456 e. The maximum Gasteiger partial charge on any atom is 0.228 e. The molecule has 0 aliphatic carbocycles. The van der Waals surface area contributed by atoms with Gasteiger partial charge in [-0.15, -0.1) is 0 Å². The number of fused-ring (bicyclic) bond motifs is 2. The second-order valence-electron chi connectivity index (χ2n) is 10.1. The summed E-state index contributed by atoms with van der Waals surface area (Å²) in [4.78, 5) is 17.3. The van der Waals surface area contributed by atoms with Gasteiger partial charge in [-0.2, -0.15) is 5.10 Å². The van der Waals surface area contributed by atoms with Crippen LogP contribution in [-0.2, 0) is 33.0 Å². The van der Waals surface area contributed by atoms with Gasteiger partial charge in [0.05, 0.1) is 40.0 Å². The highest BCUT2D eigenvalue weighted by atomic mass is 32.2. The van der Waals surface area contributed by atoms with Crippen molar-refractivity contribution < 1.29 is 17.9 Å². The molecule has 1 N–H and O–H groups in total. The molecule has 36 heavy (non-hydrogen) atoms. The van der Waals surface area contributed by atoms with E-state index in [1.165, 1.54) is 0 Å². The molecule has 4 aromatic rings. The van der Waals surface area contributed by atoms with Crippen LogP contribution in [0.25, 0.3) is 10.9 Å². The number of aromatic nitrogens is 3. The van der Waals surface area contributed by atoms with E-state index < -0.39 is 9.84 Å². The molecule has 1 aliphatic heterocycles. The molecule has 3 heterocycles. The van der Waals surface area contributed by atoms with E-state index in [9.17, 15) is 13.2 Å². The third kappa shape index (κ3) is 4.70. The molecule has 0 fully saturated rings. The molecule has 0 spiro atoms. The predicted molar refractivity (Wildman–Crippen MR) is 138 cm³/mol. The number of nitrogens with zero attached hydrogens (tertiary/aromatic N) is 3. The highest BCUT2D eigenvalue weighted by molar-refractivity contribution is 7.91. The highest BCUT2D eigenvalue weighted by Gasteiger charge is 2.27. The third-order valence-corrected chi connectivity index (χ3v) is 8.03. The number of sulfone groups is 1. The molecule has 0 atom stereocenters. The summed E-state index contributed by atoms with van der Waals surface area (Å²) < 4.78 is 32.8. The summed E-state index contributed by atoms with van der Waals surface area (Å²) in [5.41, 5.74) is 3.71. The molecule has 0 radical (unpaired) electrons. The molecular formula is C27H28N4O4S. The standard InChI is InChI=1S/C27H28N4O4S/c1-17-11-18(12-26(32)30-20-15-29-31(16-20)27(2,3)4)5-6-23(17)35-24-7-9-28-22-13-19-8-10-36(33,34)25(19)14-21(22)24/h5-7,9,11,13-16H,8,10,12H2,1-4H3,(H,30,32). The average molecular weight is 505 g/mol. The van der Waals surface area contributed by atoms with Gasteiger partial charge in [-0.1, -0.05) is 12.1 Å². The van der Waals surface area contributed by atoms with Crippen molar-refractivity contribution in [3.05, 3.63) is 71.7 Å².